The molecule has 0 aliphatic carbocycles. The van der Waals surface area contributed by atoms with Crippen LogP contribution in [-0.2, 0) is 14.3 Å². The van der Waals surface area contributed by atoms with Gasteiger partial charge in [-0.2, -0.15) is 0 Å². The summed E-state index contributed by atoms with van der Waals surface area (Å²) in [6, 6.07) is 1.06. The van der Waals surface area contributed by atoms with Gasteiger partial charge in [0.05, 0.1) is 17.2 Å². The Kier molecular flexibility index (Phi) is 11.5. The van der Waals surface area contributed by atoms with Crippen LogP contribution in [0.3, 0.4) is 0 Å². The molecule has 3 rings (SSSR count). The van der Waals surface area contributed by atoms with E-state index in [-0.39, 0.29) is 34.5 Å². The Labute approximate surface area is 217 Å². The zero-order valence-electron chi connectivity index (χ0n) is 21.0. The van der Waals surface area contributed by atoms with E-state index in [1.165, 1.54) is 6.07 Å². The summed E-state index contributed by atoms with van der Waals surface area (Å²) in [5.74, 6) is -0.593. The lowest BCUT2D eigenvalue weighted by Crippen LogP contribution is -2.55. The van der Waals surface area contributed by atoms with Gasteiger partial charge in [0.2, 0.25) is 0 Å². The first kappa shape index (κ1) is 28.4. The number of carbonyl (C=O) groups is 2. The molecule has 1 amide bonds. The number of pyridine rings is 1. The highest BCUT2D eigenvalue weighted by atomic mass is 35.5. The Morgan fingerprint density at radius 3 is 2.69 bits per heavy atom. The average molecular weight is 527 g/mol. The van der Waals surface area contributed by atoms with Crippen molar-refractivity contribution in [3.63, 3.8) is 0 Å². The third-order valence-electron chi connectivity index (χ3n) is 6.76. The van der Waals surface area contributed by atoms with Crippen LogP contribution in [0.4, 0.5) is 5.82 Å². The van der Waals surface area contributed by atoms with Gasteiger partial charge < -0.3 is 35.7 Å². The molecule has 0 aromatic carbocycles. The maximum atomic E-state index is 12.6. The molecular formula is C24H39ClN6O5. The number of ether oxygens (including phenoxy) is 2. The standard InChI is InChI=1S/C24H39ClN6O5/c1-35-20-16-31(9-4-2-3-5-21(32)36-14-13-30-11-7-27-8-12-30)10-6-19(20)28-23(33)17-15-18(25)22(26)29-24(17)34/h15,19-20,27H,2-14,16H2,1H3,(H,28,33)(H3,26,29,34)/t19-,20+/m1/s1. The van der Waals surface area contributed by atoms with Crippen LogP contribution in [0.25, 0.3) is 0 Å². The predicted octanol–water partition coefficient (Wildman–Crippen LogP) is 0.438. The number of rotatable bonds is 12. The van der Waals surface area contributed by atoms with Crippen molar-refractivity contribution < 1.29 is 19.1 Å². The largest absolute Gasteiger partial charge is 0.464 e. The molecule has 1 aromatic heterocycles. The van der Waals surface area contributed by atoms with E-state index in [0.29, 0.717) is 26.0 Å². The number of H-pyrrole nitrogens is 1. The molecule has 0 bridgehead atoms. The molecular weight excluding hydrogens is 488 g/mol. The number of hydrogen-bond donors (Lipinski definition) is 4. The van der Waals surface area contributed by atoms with Crippen LogP contribution in [0.1, 0.15) is 42.5 Å². The second-order valence-corrected chi connectivity index (χ2v) is 9.75. The highest BCUT2D eigenvalue weighted by Gasteiger charge is 2.31. The quantitative estimate of drug-likeness (QED) is 0.225. The Bertz CT molecular complexity index is 923. The SMILES string of the molecule is CO[C@H]1CN(CCCCCC(=O)OCCN2CCNCC2)CC[C@H]1NC(=O)c1cc(Cl)c(N)[nH]c1=O. The number of piperidine rings is 1. The molecule has 2 aliphatic rings. The van der Waals surface area contributed by atoms with Gasteiger partial charge in [0.15, 0.2) is 0 Å². The molecule has 1 aromatic rings. The molecule has 2 saturated heterocycles. The summed E-state index contributed by atoms with van der Waals surface area (Å²) in [5, 5.41) is 6.34. The second-order valence-electron chi connectivity index (χ2n) is 9.34. The number of likely N-dealkylation sites (tertiary alicyclic amines) is 1. The Morgan fingerprint density at radius 1 is 1.17 bits per heavy atom. The number of carbonyl (C=O) groups excluding carboxylic acids is 2. The van der Waals surface area contributed by atoms with Crippen LogP contribution in [-0.4, -0.2) is 105 Å². The maximum absolute atomic E-state index is 12.6. The van der Waals surface area contributed by atoms with Crippen molar-refractivity contribution in [2.75, 3.05) is 71.8 Å². The Balaban J connectivity index is 1.30. The van der Waals surface area contributed by atoms with Gasteiger partial charge in [-0.15, -0.1) is 0 Å². The van der Waals surface area contributed by atoms with Crippen LogP contribution < -0.4 is 21.9 Å². The lowest BCUT2D eigenvalue weighted by atomic mass is 10.0. The number of aromatic amines is 1. The fraction of sp³-hybridized carbons (Fsp3) is 0.708. The minimum absolute atomic E-state index is 0.0315. The molecule has 5 N–H and O–H groups in total. The lowest BCUT2D eigenvalue weighted by molar-refractivity contribution is -0.144. The Morgan fingerprint density at radius 2 is 1.94 bits per heavy atom. The fourth-order valence-electron chi connectivity index (χ4n) is 4.60. The monoisotopic (exact) mass is 526 g/mol. The maximum Gasteiger partial charge on any atom is 0.305 e. The van der Waals surface area contributed by atoms with Crippen molar-refractivity contribution in [1.82, 2.24) is 25.4 Å². The van der Waals surface area contributed by atoms with E-state index in [1.54, 1.807) is 7.11 Å². The second kappa shape index (κ2) is 14.5. The van der Waals surface area contributed by atoms with Gasteiger partial charge in [0.1, 0.15) is 18.0 Å². The molecule has 0 saturated carbocycles. The molecule has 12 heteroatoms. The van der Waals surface area contributed by atoms with Crippen molar-refractivity contribution >= 4 is 29.3 Å². The summed E-state index contributed by atoms with van der Waals surface area (Å²) in [6.07, 6.45) is 3.68. The van der Waals surface area contributed by atoms with Crippen molar-refractivity contribution in [1.29, 1.82) is 0 Å². The van der Waals surface area contributed by atoms with Crippen LogP contribution >= 0.6 is 11.6 Å². The van der Waals surface area contributed by atoms with Crippen LogP contribution in [0, 0.1) is 0 Å². The van der Waals surface area contributed by atoms with Gasteiger partial charge in [-0.05, 0) is 31.9 Å². The molecule has 36 heavy (non-hydrogen) atoms. The van der Waals surface area contributed by atoms with Gasteiger partial charge >= 0.3 is 5.97 Å². The fourth-order valence-corrected chi connectivity index (χ4v) is 4.76. The van der Waals surface area contributed by atoms with Crippen molar-refractivity contribution in [2.24, 2.45) is 0 Å². The number of esters is 1. The number of nitrogens with one attached hydrogen (secondary N) is 3. The summed E-state index contributed by atoms with van der Waals surface area (Å²) in [7, 11) is 1.62. The summed E-state index contributed by atoms with van der Waals surface area (Å²) in [5.41, 5.74) is 4.93. The van der Waals surface area contributed by atoms with E-state index < -0.39 is 11.5 Å². The molecule has 2 atom stereocenters. The molecule has 202 valence electrons. The topological polar surface area (TPSA) is 142 Å². The number of unbranched alkanes of at least 4 members (excludes halogenated alkanes) is 2. The van der Waals surface area contributed by atoms with Crippen LogP contribution in [0.5, 0.6) is 0 Å². The number of amides is 1. The summed E-state index contributed by atoms with van der Waals surface area (Å²) >= 11 is 5.95. The lowest BCUT2D eigenvalue weighted by Gasteiger charge is -2.38. The predicted molar refractivity (Wildman–Crippen MR) is 138 cm³/mol. The number of aromatic nitrogens is 1. The highest BCUT2D eigenvalue weighted by molar-refractivity contribution is 6.33. The van der Waals surface area contributed by atoms with Gasteiger partial charge in [0.25, 0.3) is 11.5 Å². The van der Waals surface area contributed by atoms with Crippen LogP contribution in [0.2, 0.25) is 5.02 Å². The molecule has 0 unspecified atom stereocenters. The summed E-state index contributed by atoms with van der Waals surface area (Å²) < 4.78 is 11.0. The number of hydrogen-bond acceptors (Lipinski definition) is 9. The van der Waals surface area contributed by atoms with Crippen molar-refractivity contribution in [2.45, 2.75) is 44.2 Å². The van der Waals surface area contributed by atoms with E-state index in [9.17, 15) is 14.4 Å². The Hall–Kier alpha value is -2.18. The molecule has 0 radical (unpaired) electrons. The minimum atomic E-state index is -0.579. The van der Waals surface area contributed by atoms with E-state index in [2.05, 4.69) is 25.4 Å². The van der Waals surface area contributed by atoms with Gasteiger partial charge in [-0.1, -0.05) is 18.0 Å². The number of nitrogen functional groups attached to an aromatic ring is 1. The number of anilines is 1. The van der Waals surface area contributed by atoms with E-state index in [4.69, 9.17) is 26.8 Å². The van der Waals surface area contributed by atoms with Crippen molar-refractivity contribution in [3.05, 3.63) is 27.0 Å². The van der Waals surface area contributed by atoms with Crippen molar-refractivity contribution in [3.8, 4) is 0 Å². The van der Waals surface area contributed by atoms with Crippen LogP contribution in [0.15, 0.2) is 10.9 Å². The number of methoxy groups -OCH3 is 1. The number of halogens is 1. The summed E-state index contributed by atoms with van der Waals surface area (Å²) in [6.45, 7) is 7.62. The number of nitrogens with two attached hydrogens (primary N) is 1. The zero-order valence-corrected chi connectivity index (χ0v) is 21.8. The molecule has 2 aliphatic heterocycles. The van der Waals surface area contributed by atoms with E-state index >= 15 is 0 Å². The van der Waals surface area contributed by atoms with Gasteiger partial charge in [-0.3, -0.25) is 19.3 Å². The average Bonchev–Trinajstić information content (AvgIpc) is 2.87. The van der Waals surface area contributed by atoms with E-state index in [1.807, 2.05) is 0 Å². The first-order valence-electron chi connectivity index (χ1n) is 12.7. The number of nitrogens with zero attached hydrogens (tertiary/aromatic N) is 2. The van der Waals surface area contributed by atoms with Gasteiger partial charge in [-0.25, -0.2) is 0 Å². The van der Waals surface area contributed by atoms with Gasteiger partial charge in [0, 0.05) is 59.3 Å². The summed E-state index contributed by atoms with van der Waals surface area (Å²) in [4.78, 5) is 43.7. The first-order valence-corrected chi connectivity index (χ1v) is 13.1. The third-order valence-corrected chi connectivity index (χ3v) is 7.08. The molecule has 11 nitrogen and oxygen atoms in total. The van der Waals surface area contributed by atoms with E-state index in [0.717, 1.165) is 65.1 Å². The molecule has 0 spiro atoms. The highest BCUT2D eigenvalue weighted by Crippen LogP contribution is 2.17. The normalized spacial score (nSPS) is 21.3. The zero-order chi connectivity index (χ0) is 25.9. The smallest absolute Gasteiger partial charge is 0.305 e. The molecule has 3 heterocycles. The first-order chi connectivity index (χ1) is 17.4. The minimum Gasteiger partial charge on any atom is -0.464 e. The number of piperazine rings is 1. The third kappa shape index (κ3) is 8.74. The molecule has 2 fully saturated rings.